The lowest BCUT2D eigenvalue weighted by molar-refractivity contribution is 0.298. The van der Waals surface area contributed by atoms with Crippen LogP contribution >= 0.6 is 39.9 Å². The third-order valence-electron chi connectivity index (χ3n) is 3.37. The Morgan fingerprint density at radius 1 is 1.35 bits per heavy atom. The van der Waals surface area contributed by atoms with E-state index in [1.54, 1.807) is 18.2 Å². The van der Waals surface area contributed by atoms with E-state index < -0.39 is 10.0 Å². The van der Waals surface area contributed by atoms with Crippen molar-refractivity contribution in [1.29, 1.82) is 0 Å². The molecule has 1 aromatic rings. The van der Waals surface area contributed by atoms with Gasteiger partial charge in [0.15, 0.2) is 0 Å². The molecule has 1 aliphatic rings. The fraction of sp³-hybridized carbons (Fsp3) is 0.500. The molecule has 1 aromatic carbocycles. The van der Waals surface area contributed by atoms with Crippen molar-refractivity contribution in [1.82, 2.24) is 9.62 Å². The summed E-state index contributed by atoms with van der Waals surface area (Å²) in [6, 6.07) is 5.15. The predicted octanol–water partition coefficient (Wildman–Crippen LogP) is 2.90. The first-order valence-electron chi connectivity index (χ1n) is 6.07. The molecule has 1 heterocycles. The maximum atomic E-state index is 12.5. The molecule has 1 aliphatic heterocycles. The third kappa shape index (κ3) is 3.87. The number of nitrogens with one attached hydrogen (secondary N) is 1. The SMILES string of the molecule is CNC1CCN(S(=O)(=O)c2ccc(Cl)cc2Br)CC1.Cl. The number of halogens is 3. The molecule has 0 saturated carbocycles. The van der Waals surface area contributed by atoms with Crippen LogP contribution in [-0.4, -0.2) is 38.9 Å². The van der Waals surface area contributed by atoms with Gasteiger partial charge in [-0.05, 0) is 54.0 Å². The van der Waals surface area contributed by atoms with Crippen molar-refractivity contribution >= 4 is 50.0 Å². The molecule has 0 spiro atoms. The van der Waals surface area contributed by atoms with Gasteiger partial charge in [-0.15, -0.1) is 12.4 Å². The third-order valence-corrected chi connectivity index (χ3v) is 6.48. The molecule has 0 radical (unpaired) electrons. The highest BCUT2D eigenvalue weighted by molar-refractivity contribution is 9.10. The van der Waals surface area contributed by atoms with Gasteiger partial charge in [0.1, 0.15) is 0 Å². The summed E-state index contributed by atoms with van der Waals surface area (Å²) in [6.07, 6.45) is 1.67. The van der Waals surface area contributed by atoms with Gasteiger partial charge in [-0.3, -0.25) is 0 Å². The van der Waals surface area contributed by atoms with Gasteiger partial charge in [-0.1, -0.05) is 11.6 Å². The van der Waals surface area contributed by atoms with Crippen molar-refractivity contribution < 1.29 is 8.42 Å². The quantitative estimate of drug-likeness (QED) is 0.843. The summed E-state index contributed by atoms with van der Waals surface area (Å²) in [6.45, 7) is 1.09. The molecule has 4 nitrogen and oxygen atoms in total. The van der Waals surface area contributed by atoms with Gasteiger partial charge >= 0.3 is 0 Å². The van der Waals surface area contributed by atoms with E-state index in [0.717, 1.165) is 12.8 Å². The minimum absolute atomic E-state index is 0. The topological polar surface area (TPSA) is 49.4 Å². The fourth-order valence-corrected chi connectivity index (χ4v) is 5.02. The number of hydrogen-bond donors (Lipinski definition) is 1. The van der Waals surface area contributed by atoms with Crippen molar-refractivity contribution in [3.63, 3.8) is 0 Å². The molecular formula is C12H17BrCl2N2O2S. The Kier molecular flexibility index (Phi) is 6.76. The van der Waals surface area contributed by atoms with Crippen LogP contribution in [0.3, 0.4) is 0 Å². The van der Waals surface area contributed by atoms with E-state index in [0.29, 0.717) is 28.6 Å². The number of piperidine rings is 1. The number of hydrogen-bond acceptors (Lipinski definition) is 3. The van der Waals surface area contributed by atoms with Crippen LogP contribution in [0.25, 0.3) is 0 Å². The van der Waals surface area contributed by atoms with Crippen LogP contribution in [0.1, 0.15) is 12.8 Å². The lowest BCUT2D eigenvalue weighted by Gasteiger charge is -2.31. The number of sulfonamides is 1. The molecule has 2 rings (SSSR count). The van der Waals surface area contributed by atoms with E-state index in [1.807, 2.05) is 7.05 Å². The van der Waals surface area contributed by atoms with Crippen LogP contribution in [0.15, 0.2) is 27.6 Å². The highest BCUT2D eigenvalue weighted by Crippen LogP contribution is 2.29. The van der Waals surface area contributed by atoms with Gasteiger partial charge in [0.25, 0.3) is 0 Å². The Morgan fingerprint density at radius 3 is 2.45 bits per heavy atom. The minimum Gasteiger partial charge on any atom is -0.317 e. The Bertz CT molecular complexity index is 561. The average molecular weight is 404 g/mol. The Labute approximate surface area is 139 Å². The molecule has 0 atom stereocenters. The molecule has 0 bridgehead atoms. The molecule has 1 fully saturated rings. The molecule has 1 saturated heterocycles. The summed E-state index contributed by atoms with van der Waals surface area (Å²) in [5.74, 6) is 0. The van der Waals surface area contributed by atoms with E-state index in [1.165, 1.54) is 4.31 Å². The van der Waals surface area contributed by atoms with E-state index in [-0.39, 0.29) is 17.3 Å². The summed E-state index contributed by atoms with van der Waals surface area (Å²) in [5, 5.41) is 3.70. The number of rotatable bonds is 3. The zero-order chi connectivity index (χ0) is 14.0. The Morgan fingerprint density at radius 2 is 1.95 bits per heavy atom. The van der Waals surface area contributed by atoms with Crippen LogP contribution in [0.4, 0.5) is 0 Å². The van der Waals surface area contributed by atoms with E-state index in [2.05, 4.69) is 21.2 Å². The molecular weight excluding hydrogens is 387 g/mol. The highest BCUT2D eigenvalue weighted by atomic mass is 79.9. The van der Waals surface area contributed by atoms with Gasteiger partial charge < -0.3 is 5.32 Å². The summed E-state index contributed by atoms with van der Waals surface area (Å²) in [4.78, 5) is 0.278. The fourth-order valence-electron chi connectivity index (χ4n) is 2.21. The van der Waals surface area contributed by atoms with E-state index >= 15 is 0 Å². The second-order valence-electron chi connectivity index (χ2n) is 4.54. The van der Waals surface area contributed by atoms with Crippen LogP contribution < -0.4 is 5.32 Å². The first-order chi connectivity index (χ1) is 8.95. The number of benzene rings is 1. The zero-order valence-corrected chi connectivity index (χ0v) is 14.9. The number of nitrogens with zero attached hydrogens (tertiary/aromatic N) is 1. The zero-order valence-electron chi connectivity index (χ0n) is 11.0. The molecule has 0 unspecified atom stereocenters. The minimum atomic E-state index is -3.44. The Hall–Kier alpha value is 0.150. The second-order valence-corrected chi connectivity index (χ2v) is 7.74. The van der Waals surface area contributed by atoms with Crippen LogP contribution in [0, 0.1) is 0 Å². The van der Waals surface area contributed by atoms with Gasteiger partial charge in [0, 0.05) is 28.6 Å². The van der Waals surface area contributed by atoms with Crippen LogP contribution in [0.5, 0.6) is 0 Å². The lowest BCUT2D eigenvalue weighted by Crippen LogP contribution is -2.43. The largest absolute Gasteiger partial charge is 0.317 e. The summed E-state index contributed by atoms with van der Waals surface area (Å²) in [5.41, 5.74) is 0. The lowest BCUT2D eigenvalue weighted by atomic mass is 10.1. The smallest absolute Gasteiger partial charge is 0.244 e. The monoisotopic (exact) mass is 402 g/mol. The van der Waals surface area contributed by atoms with Crippen molar-refractivity contribution in [2.45, 2.75) is 23.8 Å². The van der Waals surface area contributed by atoms with E-state index in [4.69, 9.17) is 11.6 Å². The van der Waals surface area contributed by atoms with E-state index in [9.17, 15) is 8.42 Å². The first kappa shape index (κ1) is 18.2. The maximum Gasteiger partial charge on any atom is 0.244 e. The molecule has 8 heteroatoms. The second kappa shape index (κ2) is 7.42. The van der Waals surface area contributed by atoms with Crippen LogP contribution in [-0.2, 0) is 10.0 Å². The standard InChI is InChI=1S/C12H16BrClN2O2S.ClH/c1-15-10-4-6-16(7-5-10)19(17,18)12-3-2-9(14)8-11(12)13;/h2-3,8,10,15H,4-7H2,1H3;1H. The van der Waals surface area contributed by atoms with Crippen molar-refractivity contribution in [2.24, 2.45) is 0 Å². The summed E-state index contributed by atoms with van der Waals surface area (Å²) in [7, 11) is -1.53. The van der Waals surface area contributed by atoms with Gasteiger partial charge in [0.2, 0.25) is 10.0 Å². The molecule has 0 aliphatic carbocycles. The van der Waals surface area contributed by atoms with Crippen molar-refractivity contribution in [3.8, 4) is 0 Å². The van der Waals surface area contributed by atoms with Gasteiger partial charge in [0.05, 0.1) is 4.90 Å². The molecule has 114 valence electrons. The molecule has 1 N–H and O–H groups in total. The first-order valence-corrected chi connectivity index (χ1v) is 8.68. The molecule has 0 aromatic heterocycles. The van der Waals surface area contributed by atoms with Crippen molar-refractivity contribution in [2.75, 3.05) is 20.1 Å². The maximum absolute atomic E-state index is 12.5. The normalized spacial score (nSPS) is 17.8. The van der Waals surface area contributed by atoms with Gasteiger partial charge in [-0.2, -0.15) is 4.31 Å². The summed E-state index contributed by atoms with van der Waals surface area (Å²) >= 11 is 9.12. The Balaban J connectivity index is 0.00000200. The van der Waals surface area contributed by atoms with Crippen molar-refractivity contribution in [3.05, 3.63) is 27.7 Å². The predicted molar refractivity (Wildman–Crippen MR) is 87.2 cm³/mol. The molecule has 20 heavy (non-hydrogen) atoms. The summed E-state index contributed by atoms with van der Waals surface area (Å²) < 4.78 is 27.1. The van der Waals surface area contributed by atoms with Gasteiger partial charge in [-0.25, -0.2) is 8.42 Å². The molecule has 0 amide bonds. The average Bonchev–Trinajstić information content (AvgIpc) is 2.38. The van der Waals surface area contributed by atoms with Crippen LogP contribution in [0.2, 0.25) is 5.02 Å². The highest BCUT2D eigenvalue weighted by Gasteiger charge is 2.30.